The summed E-state index contributed by atoms with van der Waals surface area (Å²) in [5.74, 6) is 0.703. The number of hydrogen-bond donors (Lipinski definition) is 0. The molecule has 8 nitrogen and oxygen atoms in total. The van der Waals surface area contributed by atoms with Crippen LogP contribution in [0.5, 0.6) is 5.75 Å². The first-order valence-corrected chi connectivity index (χ1v) is 9.82. The molecule has 1 aromatic heterocycles. The minimum atomic E-state index is -0.690. The Balaban J connectivity index is 1.72. The second kappa shape index (κ2) is 8.39. The van der Waals surface area contributed by atoms with Crippen molar-refractivity contribution in [3.05, 3.63) is 24.3 Å². The van der Waals surface area contributed by atoms with Gasteiger partial charge < -0.3 is 9.64 Å². The summed E-state index contributed by atoms with van der Waals surface area (Å²) < 4.78 is 6.91. The predicted octanol–water partition coefficient (Wildman–Crippen LogP) is 2.45. The third-order valence-electron chi connectivity index (χ3n) is 4.98. The van der Waals surface area contributed by atoms with Gasteiger partial charge in [-0.25, -0.2) is 0 Å². The Bertz CT molecular complexity index is 840. The van der Waals surface area contributed by atoms with E-state index in [9.17, 15) is 10.1 Å². The van der Waals surface area contributed by atoms with Gasteiger partial charge in [0, 0.05) is 7.05 Å². The van der Waals surface area contributed by atoms with Gasteiger partial charge >= 0.3 is 0 Å². The number of thioether (sulfide) groups is 1. The van der Waals surface area contributed by atoms with Crippen molar-refractivity contribution in [2.75, 3.05) is 19.9 Å². The van der Waals surface area contributed by atoms with E-state index in [1.165, 1.54) is 11.8 Å². The first-order valence-electron chi connectivity index (χ1n) is 8.84. The van der Waals surface area contributed by atoms with Gasteiger partial charge in [-0.3, -0.25) is 4.79 Å². The number of ether oxygens (including phenoxy) is 1. The molecule has 1 aliphatic rings. The summed E-state index contributed by atoms with van der Waals surface area (Å²) >= 11 is 1.25. The molecule has 1 aromatic carbocycles. The van der Waals surface area contributed by atoms with Gasteiger partial charge in [0.25, 0.3) is 0 Å². The summed E-state index contributed by atoms with van der Waals surface area (Å²) in [7, 11) is 3.31. The molecule has 1 heterocycles. The molecule has 1 amide bonds. The lowest BCUT2D eigenvalue weighted by molar-refractivity contribution is -0.131. The molecule has 0 aliphatic heterocycles. The van der Waals surface area contributed by atoms with Crippen LogP contribution in [0, 0.1) is 11.3 Å². The minimum Gasteiger partial charge on any atom is -0.494 e. The number of nitriles is 1. The summed E-state index contributed by atoms with van der Waals surface area (Å²) in [6.45, 7) is 0. The zero-order valence-corrected chi connectivity index (χ0v) is 16.3. The lowest BCUT2D eigenvalue weighted by Crippen LogP contribution is -2.50. The fourth-order valence-electron chi connectivity index (χ4n) is 3.35. The van der Waals surface area contributed by atoms with Crippen LogP contribution in [0.2, 0.25) is 0 Å². The molecule has 0 atom stereocenters. The monoisotopic (exact) mass is 386 g/mol. The Morgan fingerprint density at radius 1 is 1.37 bits per heavy atom. The summed E-state index contributed by atoms with van der Waals surface area (Å²) in [5.41, 5.74) is 0.0128. The fraction of sp³-hybridized carbons (Fsp3) is 0.500. The van der Waals surface area contributed by atoms with Crippen molar-refractivity contribution in [3.8, 4) is 17.5 Å². The maximum atomic E-state index is 12.7. The van der Waals surface area contributed by atoms with Gasteiger partial charge in [0.1, 0.15) is 17.0 Å². The van der Waals surface area contributed by atoms with E-state index in [0.29, 0.717) is 16.6 Å². The van der Waals surface area contributed by atoms with Crippen molar-refractivity contribution < 1.29 is 9.53 Å². The highest BCUT2D eigenvalue weighted by Gasteiger charge is 2.38. The van der Waals surface area contributed by atoms with E-state index in [0.717, 1.165) is 32.1 Å². The van der Waals surface area contributed by atoms with E-state index in [4.69, 9.17) is 4.74 Å². The van der Waals surface area contributed by atoms with Crippen LogP contribution in [0.25, 0.3) is 5.69 Å². The Kier molecular flexibility index (Phi) is 5.96. The van der Waals surface area contributed by atoms with Gasteiger partial charge in [0.2, 0.25) is 11.1 Å². The van der Waals surface area contributed by atoms with Crippen molar-refractivity contribution in [2.24, 2.45) is 0 Å². The Morgan fingerprint density at radius 2 is 2.11 bits per heavy atom. The lowest BCUT2D eigenvalue weighted by Gasteiger charge is -2.39. The summed E-state index contributed by atoms with van der Waals surface area (Å²) in [6.07, 6.45) is 4.54. The van der Waals surface area contributed by atoms with Crippen molar-refractivity contribution in [2.45, 2.75) is 42.8 Å². The van der Waals surface area contributed by atoms with Crippen LogP contribution in [-0.2, 0) is 4.79 Å². The predicted molar refractivity (Wildman–Crippen MR) is 101 cm³/mol. The second-order valence-electron chi connectivity index (χ2n) is 6.49. The van der Waals surface area contributed by atoms with Crippen LogP contribution < -0.4 is 4.74 Å². The van der Waals surface area contributed by atoms with Crippen molar-refractivity contribution in [1.29, 1.82) is 5.26 Å². The van der Waals surface area contributed by atoms with Crippen LogP contribution in [0.4, 0.5) is 0 Å². The standard InChI is InChI=1S/C18H22N6O2S/c1-23(18(13-19)10-6-3-7-11-18)16(25)12-27-17-20-21-22-24(17)14-8-4-5-9-15(14)26-2/h4-5,8-9H,3,6-7,10-12H2,1-2H3. The van der Waals surface area contributed by atoms with E-state index in [2.05, 4.69) is 21.6 Å². The molecule has 0 spiro atoms. The average molecular weight is 386 g/mol. The summed E-state index contributed by atoms with van der Waals surface area (Å²) in [4.78, 5) is 14.3. The molecule has 0 saturated heterocycles. The van der Waals surface area contributed by atoms with E-state index < -0.39 is 5.54 Å². The molecular formula is C18H22N6O2S. The third-order valence-corrected chi connectivity index (χ3v) is 5.89. The first-order chi connectivity index (χ1) is 13.1. The molecule has 1 aliphatic carbocycles. The number of aromatic nitrogens is 4. The summed E-state index contributed by atoms with van der Waals surface area (Å²) in [5, 5.41) is 21.9. The van der Waals surface area contributed by atoms with Gasteiger partial charge in [-0.05, 0) is 35.4 Å². The lowest BCUT2D eigenvalue weighted by atomic mass is 9.81. The highest BCUT2D eigenvalue weighted by Crippen LogP contribution is 2.33. The third kappa shape index (κ3) is 3.90. The number of carbonyl (C=O) groups excluding carboxylic acids is 1. The Labute approximate surface area is 162 Å². The SMILES string of the molecule is COc1ccccc1-n1nnnc1SCC(=O)N(C)C1(C#N)CCCCC1. The molecule has 27 heavy (non-hydrogen) atoms. The number of carbonyl (C=O) groups is 1. The molecule has 9 heteroatoms. The number of hydrogen-bond acceptors (Lipinski definition) is 7. The molecule has 2 aromatic rings. The van der Waals surface area contributed by atoms with Crippen LogP contribution in [0.3, 0.4) is 0 Å². The molecular weight excluding hydrogens is 364 g/mol. The van der Waals surface area contributed by atoms with Gasteiger partial charge in [0.15, 0.2) is 0 Å². The number of tetrazole rings is 1. The quantitative estimate of drug-likeness (QED) is 0.703. The van der Waals surface area contributed by atoms with Crippen LogP contribution in [0.1, 0.15) is 32.1 Å². The van der Waals surface area contributed by atoms with E-state index in [-0.39, 0.29) is 11.7 Å². The van der Waals surface area contributed by atoms with Crippen molar-refractivity contribution in [3.63, 3.8) is 0 Å². The molecule has 1 saturated carbocycles. The maximum absolute atomic E-state index is 12.7. The van der Waals surface area contributed by atoms with Crippen LogP contribution in [-0.4, -0.2) is 56.5 Å². The topological polar surface area (TPSA) is 96.9 Å². The van der Waals surface area contributed by atoms with Gasteiger partial charge in [-0.2, -0.15) is 9.94 Å². The number of nitrogens with zero attached hydrogens (tertiary/aromatic N) is 6. The molecule has 3 rings (SSSR count). The van der Waals surface area contributed by atoms with Gasteiger partial charge in [-0.15, -0.1) is 5.10 Å². The summed E-state index contributed by atoms with van der Waals surface area (Å²) in [6, 6.07) is 9.78. The fourth-order valence-corrected chi connectivity index (χ4v) is 4.14. The van der Waals surface area contributed by atoms with Gasteiger partial charge in [-0.1, -0.05) is 43.2 Å². The van der Waals surface area contributed by atoms with Gasteiger partial charge in [0.05, 0.1) is 18.9 Å². The van der Waals surface area contributed by atoms with Crippen molar-refractivity contribution in [1.82, 2.24) is 25.1 Å². The molecule has 0 N–H and O–H groups in total. The number of rotatable bonds is 6. The van der Waals surface area contributed by atoms with Crippen molar-refractivity contribution >= 4 is 17.7 Å². The Morgan fingerprint density at radius 3 is 2.81 bits per heavy atom. The normalized spacial score (nSPS) is 15.7. The molecule has 0 unspecified atom stereocenters. The Hall–Kier alpha value is -2.60. The molecule has 0 radical (unpaired) electrons. The second-order valence-corrected chi connectivity index (χ2v) is 7.43. The number of methoxy groups -OCH3 is 1. The van der Waals surface area contributed by atoms with Crippen LogP contribution >= 0.6 is 11.8 Å². The highest BCUT2D eigenvalue weighted by molar-refractivity contribution is 7.99. The maximum Gasteiger partial charge on any atom is 0.234 e. The molecule has 1 fully saturated rings. The van der Waals surface area contributed by atoms with E-state index in [1.807, 2.05) is 24.3 Å². The smallest absolute Gasteiger partial charge is 0.234 e. The number of amides is 1. The average Bonchev–Trinajstić information content (AvgIpc) is 3.20. The number of para-hydroxylation sites is 2. The van der Waals surface area contributed by atoms with E-state index >= 15 is 0 Å². The highest BCUT2D eigenvalue weighted by atomic mass is 32.2. The largest absolute Gasteiger partial charge is 0.494 e. The van der Waals surface area contributed by atoms with E-state index in [1.54, 1.807) is 23.7 Å². The minimum absolute atomic E-state index is 0.0990. The molecule has 142 valence electrons. The first kappa shape index (κ1) is 19.2. The molecule has 0 bridgehead atoms. The van der Waals surface area contributed by atoms with Crippen LogP contribution in [0.15, 0.2) is 29.4 Å². The number of benzene rings is 1. The zero-order valence-electron chi connectivity index (χ0n) is 15.5. The zero-order chi connectivity index (χ0) is 19.3.